The average Bonchev–Trinajstić information content (AvgIpc) is 3.80. The molecular formula is C37H44N8O13. The molecule has 3 aliphatic heterocycles. The summed E-state index contributed by atoms with van der Waals surface area (Å²) in [5, 5.41) is 60.1. The second-order valence-corrected chi connectivity index (χ2v) is 13.4. The highest BCUT2D eigenvalue weighted by Crippen LogP contribution is 2.32. The lowest BCUT2D eigenvalue weighted by Crippen LogP contribution is -2.54. The van der Waals surface area contributed by atoms with Gasteiger partial charge in [-0.2, -0.15) is 4.98 Å². The van der Waals surface area contributed by atoms with Crippen LogP contribution >= 0.6 is 0 Å². The minimum Gasteiger partial charge on any atom is -0.492 e. The summed E-state index contributed by atoms with van der Waals surface area (Å²) in [5.74, 6) is -3.36. The van der Waals surface area contributed by atoms with Crippen LogP contribution in [0.3, 0.4) is 0 Å². The molecule has 3 aliphatic rings. The third-order valence-corrected chi connectivity index (χ3v) is 8.56. The highest BCUT2D eigenvalue weighted by Gasteiger charge is 2.45. The van der Waals surface area contributed by atoms with Gasteiger partial charge in [0.2, 0.25) is 23.6 Å². The van der Waals surface area contributed by atoms with E-state index in [9.17, 15) is 44.1 Å². The maximum absolute atomic E-state index is 12.2. The number of hydrogen-bond donors (Lipinski definition) is 8. The number of imide groups is 2. The number of carboxylic acids is 1. The zero-order valence-electron chi connectivity index (χ0n) is 31.8. The van der Waals surface area contributed by atoms with E-state index in [1.807, 2.05) is 19.0 Å². The average molecular weight is 809 g/mol. The van der Waals surface area contributed by atoms with Crippen LogP contribution in [-0.2, 0) is 19.1 Å². The molecule has 2 aromatic carbocycles. The first-order valence-electron chi connectivity index (χ1n) is 17.7. The third-order valence-electron chi connectivity index (χ3n) is 8.56. The lowest BCUT2D eigenvalue weighted by Gasteiger charge is -2.27. The van der Waals surface area contributed by atoms with E-state index < -0.39 is 60.9 Å². The molecule has 0 radical (unpaired) electrons. The number of piperidine rings is 1. The van der Waals surface area contributed by atoms with Crippen LogP contribution in [0.4, 0.5) is 5.69 Å². The molecule has 0 aliphatic carbocycles. The highest BCUT2D eigenvalue weighted by molar-refractivity contribution is 6.23. The molecule has 0 bridgehead atoms. The van der Waals surface area contributed by atoms with Gasteiger partial charge in [-0.25, -0.2) is 14.8 Å². The van der Waals surface area contributed by atoms with Crippen LogP contribution in [0.15, 0.2) is 61.2 Å². The van der Waals surface area contributed by atoms with Gasteiger partial charge >= 0.3 is 5.97 Å². The summed E-state index contributed by atoms with van der Waals surface area (Å²) in [6.45, 7) is 3.51. The second kappa shape index (κ2) is 19.8. The van der Waals surface area contributed by atoms with E-state index >= 15 is 0 Å². The number of likely N-dealkylation sites (N-methyl/N-ethyl adjacent to an activating group) is 1. The number of nitrogens with one attached hydrogen (secondary N) is 2. The van der Waals surface area contributed by atoms with Crippen molar-refractivity contribution in [3.63, 3.8) is 0 Å². The highest BCUT2D eigenvalue weighted by atomic mass is 16.6. The Hall–Kier alpha value is -6.23. The van der Waals surface area contributed by atoms with Crippen LogP contribution in [0, 0.1) is 0 Å². The molecule has 310 valence electrons. The monoisotopic (exact) mass is 808 g/mol. The van der Waals surface area contributed by atoms with Gasteiger partial charge in [0.15, 0.2) is 17.4 Å². The molecule has 21 heteroatoms. The molecule has 21 nitrogen and oxygen atoms in total. The van der Waals surface area contributed by atoms with Crippen molar-refractivity contribution in [2.75, 3.05) is 32.6 Å². The Kier molecular flexibility index (Phi) is 15.2. The molecule has 0 spiro atoms. The Morgan fingerprint density at radius 3 is 2.09 bits per heavy atom. The summed E-state index contributed by atoms with van der Waals surface area (Å²) in [5.41, 5.74) is 1.84. The number of carbonyl (C=O) groups excluding carboxylic acids is 5. The molecule has 5 amide bonds. The van der Waals surface area contributed by atoms with Gasteiger partial charge in [0.25, 0.3) is 11.8 Å². The van der Waals surface area contributed by atoms with Crippen molar-refractivity contribution in [2.24, 2.45) is 0 Å². The zero-order valence-corrected chi connectivity index (χ0v) is 31.8. The Bertz CT molecular complexity index is 2080. The quantitative estimate of drug-likeness (QED) is 0.109. The number of carboxylic acid groups (broad SMARTS) is 1. The van der Waals surface area contributed by atoms with E-state index in [1.165, 1.54) is 30.0 Å². The van der Waals surface area contributed by atoms with Gasteiger partial charge in [-0.1, -0.05) is 12.1 Å². The van der Waals surface area contributed by atoms with E-state index in [0.717, 1.165) is 17.8 Å². The third kappa shape index (κ3) is 10.8. The van der Waals surface area contributed by atoms with Crippen molar-refractivity contribution in [2.45, 2.75) is 63.4 Å². The number of aromatic nitrogens is 4. The number of anilines is 1. The van der Waals surface area contributed by atoms with Gasteiger partial charge in [-0.05, 0) is 63.8 Å². The van der Waals surface area contributed by atoms with E-state index in [4.69, 9.17) is 20.1 Å². The van der Waals surface area contributed by atoms with E-state index in [-0.39, 0.29) is 53.4 Å². The number of carbonyl (C=O) groups is 6. The Morgan fingerprint density at radius 2 is 1.60 bits per heavy atom. The van der Waals surface area contributed by atoms with Crippen molar-refractivity contribution in [1.82, 2.24) is 34.6 Å². The molecule has 2 fully saturated rings. The summed E-state index contributed by atoms with van der Waals surface area (Å²) >= 11 is 0. The Morgan fingerprint density at radius 1 is 0.983 bits per heavy atom. The second-order valence-electron chi connectivity index (χ2n) is 13.4. The maximum atomic E-state index is 12.2. The van der Waals surface area contributed by atoms with Crippen LogP contribution in [0.5, 0.6) is 5.88 Å². The van der Waals surface area contributed by atoms with Crippen molar-refractivity contribution >= 4 is 52.4 Å². The van der Waals surface area contributed by atoms with Gasteiger partial charge in [0, 0.05) is 25.6 Å². The smallest absolute Gasteiger partial charge is 0.335 e. The number of aromatic hydroxyl groups is 1. The first-order valence-corrected chi connectivity index (χ1v) is 17.7. The standard InChI is InChI=1S/C13H10N2O4.C10H12N4O5.C9H9NO3.C5H13NO/c16-10-6-5-9(11(17)14-10)15-12(18)7-3-1-2-4-8(7)13(15)19;15-1-4-6(16)7(17)10(19-4)14-3-13-5-8(14)11-2-12-9(5)18;1-6(11)10-8-4-2-7(3-5-8)9(12)13;1-5(7)4-6(2)3/h1-4,9H,5-6H2,(H,14,16,17);2-4,6-7,10,15-17H,1H2,(H,11,12,18);2-5H,1H3,(H,10,11)(H,12,13);5,7H,4H2,1-3H3/t;4-,6-,7-,10-;;/m.0../s1. The summed E-state index contributed by atoms with van der Waals surface area (Å²) in [6.07, 6.45) is -1.68. The van der Waals surface area contributed by atoms with Crippen LogP contribution in [0.25, 0.3) is 11.2 Å². The maximum Gasteiger partial charge on any atom is 0.335 e. The van der Waals surface area contributed by atoms with Crippen LogP contribution in [0.2, 0.25) is 0 Å². The largest absolute Gasteiger partial charge is 0.492 e. The molecule has 6 atom stereocenters. The SMILES string of the molecule is CC(=O)Nc1ccc(C(=O)O)cc1.CC(O)CN(C)C.O=C1CCC(N2C(=O)c3ccccc3C2=O)C(=O)N1.OC[C@@H]1O[C@H](n2cnc3c(O)ncnc32)[C@@H](O)[C@H]1O. The molecule has 2 aromatic heterocycles. The molecule has 0 saturated carbocycles. The lowest BCUT2D eigenvalue weighted by atomic mass is 10.0. The van der Waals surface area contributed by atoms with Gasteiger partial charge in [-0.3, -0.25) is 38.8 Å². The zero-order chi connectivity index (χ0) is 42.8. The predicted octanol–water partition coefficient (Wildman–Crippen LogP) is -0.497. The van der Waals surface area contributed by atoms with Gasteiger partial charge in [0.1, 0.15) is 30.7 Å². The van der Waals surface area contributed by atoms with Crippen molar-refractivity contribution in [3.8, 4) is 5.88 Å². The number of rotatable bonds is 7. The number of imidazole rings is 1. The molecule has 8 N–H and O–H groups in total. The number of benzene rings is 2. The van der Waals surface area contributed by atoms with Crippen LogP contribution < -0.4 is 10.6 Å². The van der Waals surface area contributed by atoms with Crippen molar-refractivity contribution < 1.29 is 64.1 Å². The number of aromatic carboxylic acids is 1. The van der Waals surface area contributed by atoms with Gasteiger partial charge in [-0.15, -0.1) is 0 Å². The van der Waals surface area contributed by atoms with Gasteiger partial charge < -0.3 is 45.6 Å². The first-order chi connectivity index (χ1) is 27.4. The number of nitrogens with zero attached hydrogens (tertiary/aromatic N) is 6. The number of ether oxygens (including phenoxy) is 1. The number of amides is 5. The fourth-order valence-electron chi connectivity index (χ4n) is 5.98. The van der Waals surface area contributed by atoms with E-state index in [1.54, 1.807) is 43.3 Å². The summed E-state index contributed by atoms with van der Waals surface area (Å²) in [4.78, 5) is 82.6. The topological polar surface area (TPSA) is 307 Å². The number of aliphatic hydroxyl groups excluding tert-OH is 4. The van der Waals surface area contributed by atoms with E-state index in [2.05, 4.69) is 25.6 Å². The fourth-order valence-corrected chi connectivity index (χ4v) is 5.98. The van der Waals surface area contributed by atoms with Gasteiger partial charge in [0.05, 0.1) is 35.7 Å². The molecule has 7 rings (SSSR count). The number of hydrogen-bond acceptors (Lipinski definition) is 16. The molecule has 4 aromatic rings. The summed E-state index contributed by atoms with van der Waals surface area (Å²) < 4.78 is 6.73. The fraction of sp³-hybridized carbons (Fsp3) is 0.378. The van der Waals surface area contributed by atoms with E-state index in [0.29, 0.717) is 16.8 Å². The predicted molar refractivity (Wildman–Crippen MR) is 201 cm³/mol. The Balaban J connectivity index is 0.000000181. The molecule has 2 unspecified atom stereocenters. The molecule has 2 saturated heterocycles. The van der Waals surface area contributed by atoms with Crippen molar-refractivity contribution in [1.29, 1.82) is 0 Å². The summed E-state index contributed by atoms with van der Waals surface area (Å²) in [6, 6.07) is 11.5. The normalized spacial score (nSPS) is 21.5. The minimum absolute atomic E-state index is 0.129. The van der Waals surface area contributed by atoms with Crippen LogP contribution in [0.1, 0.15) is 64.0 Å². The van der Waals surface area contributed by atoms with Crippen molar-refractivity contribution in [3.05, 3.63) is 77.9 Å². The summed E-state index contributed by atoms with van der Waals surface area (Å²) in [7, 11) is 3.87. The Labute approximate surface area is 330 Å². The first kappa shape index (κ1) is 44.5. The molecule has 58 heavy (non-hydrogen) atoms. The minimum atomic E-state index is -1.23. The lowest BCUT2D eigenvalue weighted by molar-refractivity contribution is -0.136. The van der Waals surface area contributed by atoms with Crippen LogP contribution in [-0.4, -0.2) is 153 Å². The molecular weight excluding hydrogens is 764 g/mol. The number of fused-ring (bicyclic) bond motifs is 2. The molecule has 5 heterocycles. The number of aliphatic hydroxyl groups is 4.